The van der Waals surface area contributed by atoms with Gasteiger partial charge >= 0.3 is 0 Å². The molecule has 11 heteroatoms. The minimum absolute atomic E-state index is 0.0628. The third kappa shape index (κ3) is 39.3. The zero-order valence-corrected chi connectivity index (χ0v) is 73.3. The van der Waals surface area contributed by atoms with Crippen molar-refractivity contribution in [1.82, 2.24) is 21.3 Å². The molecule has 2 unspecified atom stereocenters. The van der Waals surface area contributed by atoms with Crippen molar-refractivity contribution < 1.29 is 33.5 Å². The van der Waals surface area contributed by atoms with Crippen LogP contribution in [-0.4, -0.2) is 74.6 Å². The van der Waals surface area contributed by atoms with Gasteiger partial charge in [0.05, 0.1) is 12.6 Å². The van der Waals surface area contributed by atoms with E-state index in [-0.39, 0.29) is 63.3 Å². The van der Waals surface area contributed by atoms with Gasteiger partial charge in [0, 0.05) is 63.7 Å². The molecular weight excluding hydrogens is 1370 g/mol. The van der Waals surface area contributed by atoms with E-state index in [0.29, 0.717) is 64.8 Å². The molecule has 11 nitrogen and oxygen atoms in total. The molecular formula is C100H148N4O7. The Balaban J connectivity index is 0.000000575. The maximum absolute atomic E-state index is 13.1. The van der Waals surface area contributed by atoms with Crippen molar-refractivity contribution in [2.45, 2.75) is 293 Å². The number of carbonyl (C=O) groups is 6. The minimum atomic E-state index is -0.537. The molecule has 0 heterocycles. The largest absolute Gasteiger partial charge is 0.383 e. The molecule has 4 aliphatic carbocycles. The third-order valence-corrected chi connectivity index (χ3v) is 22.0. The lowest BCUT2D eigenvalue weighted by atomic mass is 9.72. The maximum atomic E-state index is 13.1. The van der Waals surface area contributed by atoms with Gasteiger partial charge in [-0.2, -0.15) is 0 Å². The van der Waals surface area contributed by atoms with Gasteiger partial charge < -0.3 is 26.0 Å². The lowest BCUT2D eigenvalue weighted by Crippen LogP contribution is -2.40. The molecule has 0 bridgehead atoms. The summed E-state index contributed by atoms with van der Waals surface area (Å²) in [5, 5.41) is 11.8. The molecule has 0 aromatic carbocycles. The summed E-state index contributed by atoms with van der Waals surface area (Å²) < 4.78 is 5.09. The van der Waals surface area contributed by atoms with Crippen molar-refractivity contribution in [3.63, 3.8) is 0 Å². The fourth-order valence-electron chi connectivity index (χ4n) is 15.2. The van der Waals surface area contributed by atoms with E-state index in [1.165, 1.54) is 122 Å². The SMILES string of the molecule is CCCCC(=O)C(CCCCNC(=O)/C=C(C)/C=C/C=C(C)/C=C/C1=C(C)CCCC1(C)C)NC(=O)/C=C(C)/C=C/C=C(C)/C=C/C1=C(C)CCCC1(C)C.COCCNC(=O)C(CCCCNC(=O)/C=C(C)/C=C/C=C(C)/C=C/C1=C(C)CCCC1(C)C)CC(=O)/C=C(C)/C=C/C=C(C)/C=C/C1=C(C)CCCC1(C)C. The lowest BCUT2D eigenvalue weighted by Gasteiger charge is -2.33. The number of allylic oxidation sites excluding steroid dienone is 37. The van der Waals surface area contributed by atoms with Crippen LogP contribution in [0.15, 0.2) is 235 Å². The molecule has 0 aromatic rings. The number of ketones is 2. The summed E-state index contributed by atoms with van der Waals surface area (Å²) >= 11 is 0. The number of amides is 4. The highest BCUT2D eigenvalue weighted by Gasteiger charge is 2.30. The molecule has 0 radical (unpaired) electrons. The van der Waals surface area contributed by atoms with Gasteiger partial charge in [0.2, 0.25) is 23.6 Å². The maximum Gasteiger partial charge on any atom is 0.244 e. The highest BCUT2D eigenvalue weighted by Crippen LogP contribution is 2.44. The van der Waals surface area contributed by atoms with Gasteiger partial charge in [-0.3, -0.25) is 28.8 Å². The number of methoxy groups -OCH3 is 1. The first-order valence-electron chi connectivity index (χ1n) is 41.7. The monoisotopic (exact) mass is 1520 g/mol. The molecule has 4 rings (SSSR count). The molecule has 0 aromatic heterocycles. The summed E-state index contributed by atoms with van der Waals surface area (Å²) in [6.07, 6.45) is 68.9. The smallest absolute Gasteiger partial charge is 0.244 e. The van der Waals surface area contributed by atoms with Gasteiger partial charge in [-0.25, -0.2) is 0 Å². The summed E-state index contributed by atoms with van der Waals surface area (Å²) in [5.74, 6) is -1.15. The fraction of sp³-hybridized carbons (Fsp3) is 0.540. The summed E-state index contributed by atoms with van der Waals surface area (Å²) in [7, 11) is 1.59. The highest BCUT2D eigenvalue weighted by molar-refractivity contribution is 5.95. The van der Waals surface area contributed by atoms with Crippen molar-refractivity contribution in [3.05, 3.63) is 235 Å². The van der Waals surface area contributed by atoms with Crippen molar-refractivity contribution in [3.8, 4) is 0 Å². The Morgan fingerprint density at radius 3 is 1.07 bits per heavy atom. The van der Waals surface area contributed by atoms with Crippen LogP contribution in [-0.2, 0) is 33.5 Å². The van der Waals surface area contributed by atoms with Gasteiger partial charge in [-0.1, -0.05) is 241 Å². The zero-order chi connectivity index (χ0) is 82.7. The van der Waals surface area contributed by atoms with E-state index in [1.54, 1.807) is 31.4 Å². The Morgan fingerprint density at radius 1 is 0.405 bits per heavy atom. The molecule has 610 valence electrons. The summed E-state index contributed by atoms with van der Waals surface area (Å²) in [6, 6.07) is -0.537. The second-order valence-electron chi connectivity index (χ2n) is 34.5. The van der Waals surface area contributed by atoms with Crippen LogP contribution in [0.4, 0.5) is 0 Å². The predicted molar refractivity (Wildman–Crippen MR) is 473 cm³/mol. The van der Waals surface area contributed by atoms with E-state index in [9.17, 15) is 28.8 Å². The van der Waals surface area contributed by atoms with Crippen LogP contribution in [0.25, 0.3) is 0 Å². The van der Waals surface area contributed by atoms with E-state index >= 15 is 0 Å². The molecule has 0 saturated carbocycles. The van der Waals surface area contributed by atoms with Crippen LogP contribution in [0.2, 0.25) is 0 Å². The Hall–Kier alpha value is -8.02. The Bertz CT molecular complexity index is 3800. The Morgan fingerprint density at radius 2 is 0.739 bits per heavy atom. The van der Waals surface area contributed by atoms with Gasteiger partial charge in [0.1, 0.15) is 0 Å². The van der Waals surface area contributed by atoms with Crippen molar-refractivity contribution in [2.24, 2.45) is 27.6 Å². The number of hydrogen-bond acceptors (Lipinski definition) is 7. The number of rotatable bonds is 41. The number of ether oxygens (including phenoxy) is 1. The molecule has 0 saturated heterocycles. The molecule has 4 amide bonds. The fourth-order valence-corrected chi connectivity index (χ4v) is 15.2. The van der Waals surface area contributed by atoms with Crippen LogP contribution >= 0.6 is 0 Å². The number of Topliss-reactive ketones (excluding diaryl/α,β-unsaturated/α-hetero) is 1. The first-order chi connectivity index (χ1) is 52.4. The molecule has 2 atom stereocenters. The summed E-state index contributed by atoms with van der Waals surface area (Å²) in [6.45, 7) is 47.4. The first-order valence-corrected chi connectivity index (χ1v) is 41.7. The molecule has 0 aliphatic heterocycles. The second kappa shape index (κ2) is 50.9. The van der Waals surface area contributed by atoms with Crippen LogP contribution in [0.1, 0.15) is 287 Å². The predicted octanol–water partition coefficient (Wildman–Crippen LogP) is 24.3. The van der Waals surface area contributed by atoms with E-state index in [4.69, 9.17) is 4.74 Å². The lowest BCUT2D eigenvalue weighted by molar-refractivity contribution is -0.128. The molecule has 111 heavy (non-hydrogen) atoms. The van der Waals surface area contributed by atoms with Crippen molar-refractivity contribution in [1.29, 1.82) is 0 Å². The molecule has 4 aliphatic rings. The van der Waals surface area contributed by atoms with E-state index in [1.807, 2.05) is 76.3 Å². The van der Waals surface area contributed by atoms with Crippen LogP contribution in [0, 0.1) is 27.6 Å². The van der Waals surface area contributed by atoms with E-state index in [0.717, 1.165) is 63.8 Å². The Labute approximate surface area is 674 Å². The van der Waals surface area contributed by atoms with Gasteiger partial charge in [-0.15, -0.1) is 0 Å². The highest BCUT2D eigenvalue weighted by atomic mass is 16.5. The topological polar surface area (TPSA) is 160 Å². The number of hydrogen-bond donors (Lipinski definition) is 4. The minimum Gasteiger partial charge on any atom is -0.383 e. The van der Waals surface area contributed by atoms with Crippen LogP contribution in [0.5, 0.6) is 0 Å². The average molecular weight is 1520 g/mol. The third-order valence-electron chi connectivity index (χ3n) is 22.0. The number of nitrogens with one attached hydrogen (secondary N) is 4. The summed E-state index contributed by atoms with van der Waals surface area (Å²) in [5.41, 5.74) is 20.6. The number of carbonyl (C=O) groups excluding carboxylic acids is 6. The van der Waals surface area contributed by atoms with Crippen molar-refractivity contribution >= 4 is 35.2 Å². The quantitative estimate of drug-likeness (QED) is 0.0269. The standard InChI is InChI=1S/C50H74N2O4.C50H74N2O3/c1-37(25-27-45-41(5)22-16-29-49(45,7)8)18-14-20-39(3)34-44(53)36-43(48(55)52-32-33-56-11)24-12-13-31-51-47(54)35-40(4)21-15-19-38(2)26-28-46-42(6)23-17-30-50(46,9)10;1-12-13-27-46(53)45(52-48(55)36-40(5)23-17-21-38(3)29-31-44-42(7)25-19-33-50(44,10)11)26-14-15-34-51-47(54)35-39(4)22-16-20-37(2)28-30-43-41(6)24-18-32-49(43,8)9/h14-15,18-21,25-28,34-35,43H,12-13,16-17,22-24,29-33,36H2,1-11H3,(H,51,54)(H,52,55);16-17,20-23,28-31,35-36,45H,12-15,18-19,24-27,32-34H2,1-11H3,(H,51,54)(H,52,55)/b20-14+,21-15+,27-25+,28-26+,37-18+,38-19+,39-34+,40-35+;22-16+,23-17+,30-28+,31-29+,37-20+,38-21+,39-35+,40-36+. The summed E-state index contributed by atoms with van der Waals surface area (Å²) in [4.78, 5) is 77.2. The number of unbranched alkanes of at least 4 members (excludes halogenated alkanes) is 3. The van der Waals surface area contributed by atoms with E-state index in [2.05, 4.69) is 212 Å². The molecule has 4 N–H and O–H groups in total. The van der Waals surface area contributed by atoms with Crippen molar-refractivity contribution in [2.75, 3.05) is 33.4 Å². The first kappa shape index (κ1) is 97.2. The Kier molecular flexibility index (Phi) is 44.5. The molecule has 0 spiro atoms. The van der Waals surface area contributed by atoms with E-state index < -0.39 is 12.0 Å². The van der Waals surface area contributed by atoms with Gasteiger partial charge in [-0.05, 0) is 271 Å². The average Bonchev–Trinajstić information content (AvgIpc) is 0.839. The van der Waals surface area contributed by atoms with Gasteiger partial charge in [0.25, 0.3) is 0 Å². The normalized spacial score (nSPS) is 19.3. The molecule has 0 fully saturated rings. The zero-order valence-electron chi connectivity index (χ0n) is 73.3. The van der Waals surface area contributed by atoms with Crippen LogP contribution in [0.3, 0.4) is 0 Å². The van der Waals surface area contributed by atoms with Gasteiger partial charge in [0.15, 0.2) is 11.6 Å². The van der Waals surface area contributed by atoms with Crippen LogP contribution < -0.4 is 21.3 Å². The second-order valence-corrected chi connectivity index (χ2v) is 34.5.